The van der Waals surface area contributed by atoms with Gasteiger partial charge in [-0.1, -0.05) is 0 Å². The molecule has 0 N–H and O–H groups in total. The lowest BCUT2D eigenvalue weighted by molar-refractivity contribution is 0.148. The zero-order chi connectivity index (χ0) is 15.8. The number of aromatic nitrogens is 3. The van der Waals surface area contributed by atoms with Crippen LogP contribution in [0.3, 0.4) is 0 Å². The number of hydrogen-bond donors (Lipinski definition) is 0. The van der Waals surface area contributed by atoms with E-state index < -0.39 is 0 Å². The third kappa shape index (κ3) is 2.93. The van der Waals surface area contributed by atoms with Crippen LogP contribution in [0, 0.1) is 13.8 Å². The number of aryl methyl sites for hydroxylation is 2. The summed E-state index contributed by atoms with van der Waals surface area (Å²) < 4.78 is 7.56. The van der Waals surface area contributed by atoms with E-state index in [1.807, 2.05) is 11.4 Å². The molecular formula is C17H25N5O. The first-order valence-corrected chi connectivity index (χ1v) is 8.61. The van der Waals surface area contributed by atoms with E-state index in [9.17, 15) is 0 Å². The van der Waals surface area contributed by atoms with E-state index in [1.54, 1.807) is 0 Å². The summed E-state index contributed by atoms with van der Waals surface area (Å²) in [5, 5.41) is 4.64. The molecule has 2 aromatic rings. The Morgan fingerprint density at radius 3 is 2.83 bits per heavy atom. The summed E-state index contributed by atoms with van der Waals surface area (Å²) in [6, 6.07) is 4.82. The number of fused-ring (bicyclic) bond motifs is 1. The predicted molar refractivity (Wildman–Crippen MR) is 90.1 cm³/mol. The molecule has 124 valence electrons. The summed E-state index contributed by atoms with van der Waals surface area (Å²) in [7, 11) is 0. The highest BCUT2D eigenvalue weighted by atomic mass is 16.5. The molecule has 1 atom stereocenters. The second kappa shape index (κ2) is 6.09. The molecule has 2 saturated heterocycles. The summed E-state index contributed by atoms with van der Waals surface area (Å²) in [5.74, 6) is 1.17. The molecule has 2 aliphatic heterocycles. The maximum Gasteiger partial charge on any atom is 0.157 e. The quantitative estimate of drug-likeness (QED) is 0.843. The van der Waals surface area contributed by atoms with Gasteiger partial charge in [-0.25, -0.2) is 4.98 Å². The average Bonchev–Trinajstić information content (AvgIpc) is 3.10. The van der Waals surface area contributed by atoms with Crippen LogP contribution in [0.4, 0.5) is 5.82 Å². The molecule has 0 spiro atoms. The molecular weight excluding hydrogens is 290 g/mol. The standard InChI is InChI=1S/C17H25N5O/c1-13-11-17(22-16(18-13)10-14(2)19-22)21-6-3-5-20(7-8-21)15-4-9-23-12-15/h10-11,15H,3-9,12H2,1-2H3. The highest BCUT2D eigenvalue weighted by Gasteiger charge is 2.26. The van der Waals surface area contributed by atoms with Gasteiger partial charge in [0.15, 0.2) is 5.65 Å². The smallest absolute Gasteiger partial charge is 0.157 e. The van der Waals surface area contributed by atoms with Crippen LogP contribution in [-0.2, 0) is 4.74 Å². The van der Waals surface area contributed by atoms with Gasteiger partial charge >= 0.3 is 0 Å². The third-order valence-corrected chi connectivity index (χ3v) is 4.94. The van der Waals surface area contributed by atoms with Crippen LogP contribution in [-0.4, -0.2) is 64.9 Å². The van der Waals surface area contributed by atoms with E-state index in [1.165, 1.54) is 18.7 Å². The van der Waals surface area contributed by atoms with Crippen LogP contribution in [0.2, 0.25) is 0 Å². The lowest BCUT2D eigenvalue weighted by atomic mass is 10.2. The van der Waals surface area contributed by atoms with Crippen LogP contribution >= 0.6 is 0 Å². The highest BCUT2D eigenvalue weighted by Crippen LogP contribution is 2.21. The normalized spacial score (nSPS) is 23.6. The molecule has 0 amide bonds. The predicted octanol–water partition coefficient (Wildman–Crippen LogP) is 1.65. The minimum absolute atomic E-state index is 0.612. The molecule has 6 heteroatoms. The molecule has 4 rings (SSSR count). The Morgan fingerprint density at radius 1 is 1.09 bits per heavy atom. The van der Waals surface area contributed by atoms with Gasteiger partial charge in [-0.2, -0.15) is 9.61 Å². The highest BCUT2D eigenvalue weighted by molar-refractivity contribution is 5.52. The number of anilines is 1. The molecule has 2 aliphatic rings. The second-order valence-corrected chi connectivity index (χ2v) is 6.71. The van der Waals surface area contributed by atoms with Crippen molar-refractivity contribution in [2.24, 2.45) is 0 Å². The van der Waals surface area contributed by atoms with Crippen molar-refractivity contribution < 1.29 is 4.74 Å². The molecule has 4 heterocycles. The van der Waals surface area contributed by atoms with Crippen LogP contribution in [0.15, 0.2) is 12.1 Å². The summed E-state index contributed by atoms with van der Waals surface area (Å²) in [6.45, 7) is 10.3. The summed E-state index contributed by atoms with van der Waals surface area (Å²) >= 11 is 0. The van der Waals surface area contributed by atoms with E-state index in [-0.39, 0.29) is 0 Å². The maximum atomic E-state index is 5.56. The van der Waals surface area contributed by atoms with Crippen molar-refractivity contribution in [2.45, 2.75) is 32.7 Å². The number of nitrogens with zero attached hydrogens (tertiary/aromatic N) is 5. The minimum Gasteiger partial charge on any atom is -0.380 e. The number of ether oxygens (including phenoxy) is 1. The summed E-state index contributed by atoms with van der Waals surface area (Å²) in [5.41, 5.74) is 3.02. The van der Waals surface area contributed by atoms with Gasteiger partial charge in [-0.15, -0.1) is 0 Å². The van der Waals surface area contributed by atoms with Crippen molar-refractivity contribution in [1.82, 2.24) is 19.5 Å². The zero-order valence-corrected chi connectivity index (χ0v) is 14.0. The molecule has 0 aliphatic carbocycles. The number of rotatable bonds is 2. The summed E-state index contributed by atoms with van der Waals surface area (Å²) in [4.78, 5) is 9.67. The van der Waals surface area contributed by atoms with Crippen LogP contribution in [0.25, 0.3) is 5.65 Å². The van der Waals surface area contributed by atoms with Crippen molar-refractivity contribution in [3.8, 4) is 0 Å². The van der Waals surface area contributed by atoms with Crippen molar-refractivity contribution in [1.29, 1.82) is 0 Å². The fourth-order valence-electron chi connectivity index (χ4n) is 3.76. The molecule has 2 aromatic heterocycles. The monoisotopic (exact) mass is 315 g/mol. The van der Waals surface area contributed by atoms with Gasteiger partial charge in [0, 0.05) is 56.7 Å². The van der Waals surface area contributed by atoms with Crippen molar-refractivity contribution in [3.05, 3.63) is 23.5 Å². The van der Waals surface area contributed by atoms with Crippen molar-refractivity contribution in [3.63, 3.8) is 0 Å². The van der Waals surface area contributed by atoms with E-state index in [0.29, 0.717) is 6.04 Å². The topological polar surface area (TPSA) is 45.9 Å². The maximum absolute atomic E-state index is 5.56. The Labute approximate surface area is 137 Å². The lowest BCUT2D eigenvalue weighted by Crippen LogP contribution is -2.39. The Hall–Kier alpha value is -1.66. The molecule has 1 unspecified atom stereocenters. The largest absolute Gasteiger partial charge is 0.380 e. The molecule has 0 saturated carbocycles. The van der Waals surface area contributed by atoms with Crippen LogP contribution < -0.4 is 4.90 Å². The first-order valence-electron chi connectivity index (χ1n) is 8.61. The molecule has 0 radical (unpaired) electrons. The van der Waals surface area contributed by atoms with Crippen LogP contribution in [0.1, 0.15) is 24.2 Å². The third-order valence-electron chi connectivity index (χ3n) is 4.94. The van der Waals surface area contributed by atoms with Gasteiger partial charge < -0.3 is 9.64 Å². The zero-order valence-electron chi connectivity index (χ0n) is 14.0. The Bertz CT molecular complexity index is 692. The first kappa shape index (κ1) is 14.9. The molecule has 0 aromatic carbocycles. The fourth-order valence-corrected chi connectivity index (χ4v) is 3.76. The Morgan fingerprint density at radius 2 is 2.00 bits per heavy atom. The van der Waals surface area contributed by atoms with Crippen molar-refractivity contribution in [2.75, 3.05) is 44.3 Å². The summed E-state index contributed by atoms with van der Waals surface area (Å²) in [6.07, 6.45) is 2.36. The Balaban J connectivity index is 1.58. The lowest BCUT2D eigenvalue weighted by Gasteiger charge is -2.27. The molecule has 0 bridgehead atoms. The minimum atomic E-state index is 0.612. The SMILES string of the molecule is Cc1cc(N2CCCN(C3CCOC3)CC2)n2nc(C)cc2n1. The van der Waals surface area contributed by atoms with E-state index in [2.05, 4.69) is 38.9 Å². The van der Waals surface area contributed by atoms with Gasteiger partial charge in [-0.05, 0) is 26.7 Å². The average molecular weight is 315 g/mol. The van der Waals surface area contributed by atoms with E-state index in [0.717, 1.165) is 56.4 Å². The van der Waals surface area contributed by atoms with E-state index in [4.69, 9.17) is 4.74 Å². The first-order chi connectivity index (χ1) is 11.2. The van der Waals surface area contributed by atoms with Gasteiger partial charge in [0.2, 0.25) is 0 Å². The second-order valence-electron chi connectivity index (χ2n) is 6.71. The van der Waals surface area contributed by atoms with Crippen LogP contribution in [0.5, 0.6) is 0 Å². The van der Waals surface area contributed by atoms with Crippen molar-refractivity contribution >= 4 is 11.5 Å². The van der Waals surface area contributed by atoms with E-state index >= 15 is 0 Å². The molecule has 2 fully saturated rings. The molecule has 6 nitrogen and oxygen atoms in total. The molecule has 23 heavy (non-hydrogen) atoms. The number of hydrogen-bond acceptors (Lipinski definition) is 5. The van der Waals surface area contributed by atoms with Gasteiger partial charge in [0.25, 0.3) is 0 Å². The Kier molecular flexibility index (Phi) is 3.95. The fraction of sp³-hybridized carbons (Fsp3) is 0.647. The van der Waals surface area contributed by atoms with Gasteiger partial charge in [0.1, 0.15) is 5.82 Å². The van der Waals surface area contributed by atoms with Gasteiger partial charge in [0.05, 0.1) is 12.3 Å². The van der Waals surface area contributed by atoms with Gasteiger partial charge in [-0.3, -0.25) is 4.90 Å².